The molecule has 0 bridgehead atoms. The number of aromatic nitrogens is 3. The van der Waals surface area contributed by atoms with Crippen molar-refractivity contribution in [2.45, 2.75) is 25.8 Å². The van der Waals surface area contributed by atoms with Crippen molar-refractivity contribution in [1.29, 1.82) is 0 Å². The molecule has 1 amide bonds. The Hall–Kier alpha value is -2.70. The SMILES string of the molecule is CCC(C)(NC(=O)c1ncn(-c2ccccc2)n1)C(=O)O. The minimum absolute atomic E-state index is 0.0696. The molecule has 0 aliphatic carbocycles. The third kappa shape index (κ3) is 3.07. The second-order valence-electron chi connectivity index (χ2n) is 4.79. The molecule has 1 aromatic carbocycles. The molecule has 2 aromatic rings. The summed E-state index contributed by atoms with van der Waals surface area (Å²) in [5.41, 5.74) is -0.574. The normalized spacial score (nSPS) is 13.4. The number of benzene rings is 1. The van der Waals surface area contributed by atoms with Gasteiger partial charge in [-0.2, -0.15) is 0 Å². The van der Waals surface area contributed by atoms with E-state index >= 15 is 0 Å². The molecule has 0 fully saturated rings. The molecule has 0 radical (unpaired) electrons. The number of hydrogen-bond donors (Lipinski definition) is 2. The van der Waals surface area contributed by atoms with Crippen molar-refractivity contribution in [2.24, 2.45) is 0 Å². The van der Waals surface area contributed by atoms with Gasteiger partial charge in [-0.3, -0.25) is 4.79 Å². The lowest BCUT2D eigenvalue weighted by Crippen LogP contribution is -2.52. The van der Waals surface area contributed by atoms with Crippen molar-refractivity contribution in [1.82, 2.24) is 20.1 Å². The minimum atomic E-state index is -1.34. The predicted octanol–water partition coefficient (Wildman–Crippen LogP) is 1.25. The van der Waals surface area contributed by atoms with Crippen LogP contribution in [0.4, 0.5) is 0 Å². The third-order valence-electron chi connectivity index (χ3n) is 3.28. The van der Waals surface area contributed by atoms with Gasteiger partial charge in [-0.1, -0.05) is 25.1 Å². The standard InChI is InChI=1S/C14H16N4O3/c1-3-14(2,13(20)21)16-12(19)11-15-9-18(17-11)10-7-5-4-6-8-10/h4-9H,3H2,1-2H3,(H,16,19)(H,20,21). The fourth-order valence-corrected chi connectivity index (χ4v) is 1.67. The topological polar surface area (TPSA) is 97.1 Å². The number of carboxylic acid groups (broad SMARTS) is 1. The molecule has 110 valence electrons. The van der Waals surface area contributed by atoms with Crippen molar-refractivity contribution < 1.29 is 14.7 Å². The summed E-state index contributed by atoms with van der Waals surface area (Å²) in [6.07, 6.45) is 1.67. The van der Waals surface area contributed by atoms with Crippen molar-refractivity contribution in [3.63, 3.8) is 0 Å². The van der Waals surface area contributed by atoms with Crippen LogP contribution < -0.4 is 5.32 Å². The van der Waals surface area contributed by atoms with E-state index in [2.05, 4.69) is 15.4 Å². The highest BCUT2D eigenvalue weighted by Gasteiger charge is 2.34. The van der Waals surface area contributed by atoms with Crippen LogP contribution in [0.5, 0.6) is 0 Å². The van der Waals surface area contributed by atoms with Crippen LogP contribution in [0, 0.1) is 0 Å². The summed E-state index contributed by atoms with van der Waals surface area (Å²) in [7, 11) is 0. The van der Waals surface area contributed by atoms with E-state index in [0.717, 1.165) is 5.69 Å². The van der Waals surface area contributed by atoms with E-state index in [1.807, 2.05) is 30.3 Å². The van der Waals surface area contributed by atoms with Crippen molar-refractivity contribution in [2.75, 3.05) is 0 Å². The van der Waals surface area contributed by atoms with Gasteiger partial charge in [0.05, 0.1) is 5.69 Å². The lowest BCUT2D eigenvalue weighted by atomic mass is 9.99. The smallest absolute Gasteiger partial charge is 0.329 e. The molecule has 1 atom stereocenters. The van der Waals surface area contributed by atoms with Crippen LogP contribution in [0.15, 0.2) is 36.7 Å². The lowest BCUT2D eigenvalue weighted by molar-refractivity contribution is -0.143. The van der Waals surface area contributed by atoms with E-state index < -0.39 is 17.4 Å². The van der Waals surface area contributed by atoms with Crippen LogP contribution in [0.3, 0.4) is 0 Å². The van der Waals surface area contributed by atoms with Crippen molar-refractivity contribution >= 4 is 11.9 Å². The van der Waals surface area contributed by atoms with Gasteiger partial charge >= 0.3 is 5.97 Å². The molecule has 0 saturated carbocycles. The Morgan fingerprint density at radius 2 is 2.00 bits per heavy atom. The number of amides is 1. The van der Waals surface area contributed by atoms with Crippen LogP contribution in [0.2, 0.25) is 0 Å². The quantitative estimate of drug-likeness (QED) is 0.863. The highest BCUT2D eigenvalue weighted by Crippen LogP contribution is 2.11. The van der Waals surface area contributed by atoms with Gasteiger partial charge in [-0.25, -0.2) is 14.5 Å². The average molecular weight is 288 g/mol. The second kappa shape index (κ2) is 5.74. The number of carbonyl (C=O) groups excluding carboxylic acids is 1. The summed E-state index contributed by atoms with van der Waals surface area (Å²) >= 11 is 0. The van der Waals surface area contributed by atoms with Crippen molar-refractivity contribution in [3.8, 4) is 5.69 Å². The van der Waals surface area contributed by atoms with Crippen LogP contribution in [-0.4, -0.2) is 37.3 Å². The predicted molar refractivity (Wildman–Crippen MR) is 75.2 cm³/mol. The van der Waals surface area contributed by atoms with Gasteiger partial charge in [0.2, 0.25) is 5.82 Å². The lowest BCUT2D eigenvalue weighted by Gasteiger charge is -2.23. The molecule has 2 N–H and O–H groups in total. The van der Waals surface area contributed by atoms with Gasteiger partial charge in [0.1, 0.15) is 11.9 Å². The number of aliphatic carboxylic acids is 1. The molecule has 21 heavy (non-hydrogen) atoms. The fraction of sp³-hybridized carbons (Fsp3) is 0.286. The Bertz CT molecular complexity index is 653. The Kier molecular flexibility index (Phi) is 4.02. The van der Waals surface area contributed by atoms with Gasteiger partial charge < -0.3 is 10.4 Å². The largest absolute Gasteiger partial charge is 0.480 e. The van der Waals surface area contributed by atoms with Gasteiger partial charge in [0.25, 0.3) is 5.91 Å². The Labute approximate surface area is 121 Å². The minimum Gasteiger partial charge on any atom is -0.480 e. The summed E-state index contributed by atoms with van der Waals surface area (Å²) in [6.45, 7) is 3.13. The van der Waals surface area contributed by atoms with E-state index in [0.29, 0.717) is 0 Å². The maximum Gasteiger partial charge on any atom is 0.329 e. The second-order valence-corrected chi connectivity index (χ2v) is 4.79. The third-order valence-corrected chi connectivity index (χ3v) is 3.28. The van der Waals surface area contributed by atoms with Gasteiger partial charge in [0.15, 0.2) is 0 Å². The maximum absolute atomic E-state index is 12.1. The number of hydrogen-bond acceptors (Lipinski definition) is 4. The van der Waals surface area contributed by atoms with E-state index in [9.17, 15) is 9.59 Å². The molecule has 2 rings (SSSR count). The number of nitrogens with zero attached hydrogens (tertiary/aromatic N) is 3. The highest BCUT2D eigenvalue weighted by atomic mass is 16.4. The first-order valence-electron chi connectivity index (χ1n) is 6.49. The zero-order chi connectivity index (χ0) is 15.5. The van der Waals surface area contributed by atoms with Gasteiger partial charge in [-0.15, -0.1) is 5.10 Å². The Balaban J connectivity index is 2.18. The fourth-order valence-electron chi connectivity index (χ4n) is 1.67. The molecule has 0 aliphatic heterocycles. The summed E-state index contributed by atoms with van der Waals surface area (Å²) in [5.74, 6) is -1.78. The van der Waals surface area contributed by atoms with Crippen LogP contribution in [0.25, 0.3) is 5.69 Å². The monoisotopic (exact) mass is 288 g/mol. The number of carbonyl (C=O) groups is 2. The van der Waals surface area contributed by atoms with Crippen LogP contribution in [0.1, 0.15) is 30.9 Å². The molecular formula is C14H16N4O3. The summed E-state index contributed by atoms with van der Waals surface area (Å²) in [5, 5.41) is 15.7. The molecule has 0 saturated heterocycles. The molecule has 7 nitrogen and oxygen atoms in total. The zero-order valence-electron chi connectivity index (χ0n) is 11.8. The number of carboxylic acids is 1. The first-order chi connectivity index (χ1) is 9.96. The van der Waals surface area contributed by atoms with E-state index in [1.165, 1.54) is 17.9 Å². The maximum atomic E-state index is 12.1. The number of nitrogens with one attached hydrogen (secondary N) is 1. The van der Waals surface area contributed by atoms with E-state index in [4.69, 9.17) is 5.11 Å². The molecule has 0 aliphatic rings. The van der Waals surface area contributed by atoms with E-state index in [-0.39, 0.29) is 12.2 Å². The molecule has 0 spiro atoms. The summed E-state index contributed by atoms with van der Waals surface area (Å²) in [4.78, 5) is 27.2. The number of para-hydroxylation sites is 1. The van der Waals surface area contributed by atoms with Gasteiger partial charge in [0, 0.05) is 0 Å². The molecular weight excluding hydrogens is 272 g/mol. The van der Waals surface area contributed by atoms with Crippen molar-refractivity contribution in [3.05, 3.63) is 42.5 Å². The van der Waals surface area contributed by atoms with Crippen LogP contribution >= 0.6 is 0 Å². The molecule has 1 unspecified atom stereocenters. The van der Waals surface area contributed by atoms with Gasteiger partial charge in [-0.05, 0) is 25.5 Å². The zero-order valence-corrected chi connectivity index (χ0v) is 11.8. The molecule has 7 heteroatoms. The summed E-state index contributed by atoms with van der Waals surface area (Å²) < 4.78 is 1.46. The van der Waals surface area contributed by atoms with E-state index in [1.54, 1.807) is 6.92 Å². The average Bonchev–Trinajstić information content (AvgIpc) is 2.97. The number of rotatable bonds is 5. The van der Waals surface area contributed by atoms with Crippen LogP contribution in [-0.2, 0) is 4.79 Å². The Morgan fingerprint density at radius 3 is 2.57 bits per heavy atom. The molecule has 1 aromatic heterocycles. The first kappa shape index (κ1) is 14.7. The Morgan fingerprint density at radius 1 is 1.33 bits per heavy atom. The summed E-state index contributed by atoms with van der Waals surface area (Å²) in [6, 6.07) is 9.20. The first-order valence-corrected chi connectivity index (χ1v) is 6.49. The molecule has 1 heterocycles. The highest BCUT2D eigenvalue weighted by molar-refractivity contribution is 5.94.